The number of hydrogen-bond acceptors (Lipinski definition) is 3. The van der Waals surface area contributed by atoms with E-state index in [0.717, 1.165) is 31.2 Å². The monoisotopic (exact) mass is 331 g/mol. The highest BCUT2D eigenvalue weighted by molar-refractivity contribution is 5.82. The smallest absolute Gasteiger partial charge is 0.407 e. The van der Waals surface area contributed by atoms with E-state index in [-0.39, 0.29) is 12.5 Å². The van der Waals surface area contributed by atoms with Gasteiger partial charge in [0.15, 0.2) is 0 Å². The molecule has 2 atom stereocenters. The third-order valence-electron chi connectivity index (χ3n) is 4.77. The highest BCUT2D eigenvalue weighted by atomic mass is 16.5. The molecule has 2 rings (SSSR count). The fourth-order valence-corrected chi connectivity index (χ4v) is 3.33. The van der Waals surface area contributed by atoms with Crippen LogP contribution >= 0.6 is 0 Å². The molecule has 0 aromatic heterocycles. The van der Waals surface area contributed by atoms with Gasteiger partial charge in [-0.05, 0) is 36.7 Å². The SMILES string of the molecule is CC(C)CC[C@@H]1CCCC(=O)[C@H]1CNC(=O)OCc1ccccc1. The van der Waals surface area contributed by atoms with E-state index in [4.69, 9.17) is 4.74 Å². The molecule has 4 heteroatoms. The van der Waals surface area contributed by atoms with Gasteiger partial charge in [-0.1, -0.05) is 50.6 Å². The van der Waals surface area contributed by atoms with Crippen LogP contribution < -0.4 is 5.32 Å². The zero-order valence-corrected chi connectivity index (χ0v) is 14.8. The summed E-state index contributed by atoms with van der Waals surface area (Å²) in [6.45, 7) is 5.06. The summed E-state index contributed by atoms with van der Waals surface area (Å²) >= 11 is 0. The predicted molar refractivity (Wildman–Crippen MR) is 94.5 cm³/mol. The van der Waals surface area contributed by atoms with Crippen LogP contribution in [0.4, 0.5) is 4.79 Å². The van der Waals surface area contributed by atoms with Gasteiger partial charge in [-0.15, -0.1) is 0 Å². The van der Waals surface area contributed by atoms with Crippen molar-refractivity contribution in [2.75, 3.05) is 6.54 Å². The van der Waals surface area contributed by atoms with Crippen molar-refractivity contribution < 1.29 is 14.3 Å². The number of carbonyl (C=O) groups excluding carboxylic acids is 2. The lowest BCUT2D eigenvalue weighted by molar-refractivity contribution is -0.126. The minimum absolute atomic E-state index is 0.0539. The van der Waals surface area contributed by atoms with Gasteiger partial charge in [0.05, 0.1) is 0 Å². The van der Waals surface area contributed by atoms with E-state index in [1.54, 1.807) is 0 Å². The number of ketones is 1. The van der Waals surface area contributed by atoms with E-state index in [1.165, 1.54) is 0 Å². The van der Waals surface area contributed by atoms with E-state index in [9.17, 15) is 9.59 Å². The van der Waals surface area contributed by atoms with E-state index >= 15 is 0 Å². The number of nitrogens with one attached hydrogen (secondary N) is 1. The molecule has 1 N–H and O–H groups in total. The van der Waals surface area contributed by atoms with Crippen molar-refractivity contribution in [2.24, 2.45) is 17.8 Å². The second-order valence-corrected chi connectivity index (χ2v) is 7.14. The molecule has 24 heavy (non-hydrogen) atoms. The van der Waals surface area contributed by atoms with Crippen molar-refractivity contribution in [2.45, 2.75) is 52.6 Å². The number of benzene rings is 1. The lowest BCUT2D eigenvalue weighted by atomic mass is 9.75. The molecule has 4 nitrogen and oxygen atoms in total. The van der Waals surface area contributed by atoms with Gasteiger partial charge in [0.25, 0.3) is 0 Å². The van der Waals surface area contributed by atoms with Gasteiger partial charge in [-0.3, -0.25) is 4.79 Å². The maximum Gasteiger partial charge on any atom is 0.407 e. The van der Waals surface area contributed by atoms with E-state index in [0.29, 0.717) is 30.6 Å². The Morgan fingerprint density at radius 3 is 2.75 bits per heavy atom. The number of hydrogen-bond donors (Lipinski definition) is 1. The van der Waals surface area contributed by atoms with Crippen molar-refractivity contribution in [3.63, 3.8) is 0 Å². The Balaban J connectivity index is 1.78. The molecule has 0 saturated heterocycles. The molecule has 0 spiro atoms. The molecule has 1 saturated carbocycles. The predicted octanol–water partition coefficient (Wildman–Crippen LogP) is 4.33. The first-order valence-corrected chi connectivity index (χ1v) is 9.03. The molecule has 1 amide bonds. The van der Waals surface area contributed by atoms with Crippen molar-refractivity contribution >= 4 is 11.9 Å². The van der Waals surface area contributed by atoms with Crippen molar-refractivity contribution in [3.05, 3.63) is 35.9 Å². The lowest BCUT2D eigenvalue weighted by Gasteiger charge is -2.31. The Morgan fingerprint density at radius 2 is 2.04 bits per heavy atom. The summed E-state index contributed by atoms with van der Waals surface area (Å²) in [4.78, 5) is 24.1. The van der Waals surface area contributed by atoms with E-state index in [2.05, 4.69) is 19.2 Å². The molecular weight excluding hydrogens is 302 g/mol. The van der Waals surface area contributed by atoms with Gasteiger partial charge in [-0.2, -0.15) is 0 Å². The van der Waals surface area contributed by atoms with Crippen molar-refractivity contribution in [3.8, 4) is 0 Å². The standard InChI is InChI=1S/C20H29NO3/c1-15(2)11-12-17-9-6-10-19(22)18(17)13-21-20(23)24-14-16-7-4-3-5-8-16/h3-5,7-8,15,17-18H,6,9-14H2,1-2H3,(H,21,23)/t17-,18-/m0/s1. The normalized spacial score (nSPS) is 20.9. The summed E-state index contributed by atoms with van der Waals surface area (Å²) in [6, 6.07) is 9.59. The molecule has 0 unspecified atom stereocenters. The van der Waals surface area contributed by atoms with Crippen LogP contribution in [0.2, 0.25) is 0 Å². The highest BCUT2D eigenvalue weighted by Crippen LogP contribution is 2.31. The first-order valence-electron chi connectivity index (χ1n) is 9.03. The Labute approximate surface area is 145 Å². The molecule has 132 valence electrons. The zero-order valence-electron chi connectivity index (χ0n) is 14.8. The van der Waals surface area contributed by atoms with E-state index in [1.807, 2.05) is 30.3 Å². The number of alkyl carbamates (subject to hydrolysis) is 1. The van der Waals surface area contributed by atoms with Crippen LogP contribution in [0.1, 0.15) is 51.5 Å². The second-order valence-electron chi connectivity index (χ2n) is 7.14. The maximum atomic E-state index is 12.2. The van der Waals surface area contributed by atoms with Crippen LogP contribution in [0, 0.1) is 17.8 Å². The first kappa shape index (κ1) is 18.5. The average Bonchev–Trinajstić information content (AvgIpc) is 2.58. The molecule has 1 aliphatic rings. The largest absolute Gasteiger partial charge is 0.445 e. The maximum absolute atomic E-state index is 12.2. The number of amides is 1. The van der Waals surface area contributed by atoms with Crippen LogP contribution in [-0.2, 0) is 16.1 Å². The number of carbonyl (C=O) groups is 2. The van der Waals surface area contributed by atoms with Gasteiger partial charge in [0.2, 0.25) is 0 Å². The van der Waals surface area contributed by atoms with Crippen molar-refractivity contribution in [1.82, 2.24) is 5.32 Å². The van der Waals surface area contributed by atoms with Crippen LogP contribution in [-0.4, -0.2) is 18.4 Å². The lowest BCUT2D eigenvalue weighted by Crippen LogP contribution is -2.39. The van der Waals surface area contributed by atoms with Crippen LogP contribution in [0.3, 0.4) is 0 Å². The number of ether oxygens (including phenoxy) is 1. The molecule has 1 aromatic rings. The summed E-state index contributed by atoms with van der Waals surface area (Å²) < 4.78 is 5.23. The van der Waals surface area contributed by atoms with Crippen molar-refractivity contribution in [1.29, 1.82) is 0 Å². The Hall–Kier alpha value is -1.84. The number of Topliss-reactive ketones (excluding diaryl/α,β-unsaturated/α-hetero) is 1. The van der Waals surface area contributed by atoms with Gasteiger partial charge >= 0.3 is 6.09 Å². The first-order chi connectivity index (χ1) is 11.6. The minimum atomic E-state index is -0.445. The summed E-state index contributed by atoms with van der Waals surface area (Å²) in [5, 5.41) is 2.79. The molecular formula is C20H29NO3. The molecule has 0 heterocycles. The molecule has 0 bridgehead atoms. The average molecular weight is 331 g/mol. The summed E-state index contributed by atoms with van der Waals surface area (Å²) in [6.07, 6.45) is 4.46. The Bertz CT molecular complexity index is 527. The van der Waals surface area contributed by atoms with Gasteiger partial charge in [-0.25, -0.2) is 4.79 Å². The van der Waals surface area contributed by atoms with Crippen LogP contribution in [0.5, 0.6) is 0 Å². The highest BCUT2D eigenvalue weighted by Gasteiger charge is 2.31. The van der Waals surface area contributed by atoms with Crippen LogP contribution in [0.25, 0.3) is 0 Å². The summed E-state index contributed by atoms with van der Waals surface area (Å²) in [5.74, 6) is 1.27. The van der Waals surface area contributed by atoms with E-state index < -0.39 is 6.09 Å². The topological polar surface area (TPSA) is 55.4 Å². The fourth-order valence-electron chi connectivity index (χ4n) is 3.33. The third-order valence-corrected chi connectivity index (χ3v) is 4.77. The molecule has 1 aliphatic carbocycles. The third kappa shape index (κ3) is 5.99. The quantitative estimate of drug-likeness (QED) is 0.809. The molecule has 0 radical (unpaired) electrons. The zero-order chi connectivity index (χ0) is 17.4. The second kappa shape index (κ2) is 9.45. The molecule has 1 fully saturated rings. The Kier molecular flexibility index (Phi) is 7.29. The number of rotatable bonds is 7. The summed E-state index contributed by atoms with van der Waals surface area (Å²) in [7, 11) is 0. The van der Waals surface area contributed by atoms with Gasteiger partial charge in [0.1, 0.15) is 12.4 Å². The molecule has 0 aliphatic heterocycles. The molecule has 1 aromatic carbocycles. The van der Waals surface area contributed by atoms with Crippen LogP contribution in [0.15, 0.2) is 30.3 Å². The minimum Gasteiger partial charge on any atom is -0.445 e. The Morgan fingerprint density at radius 1 is 1.29 bits per heavy atom. The fraction of sp³-hybridized carbons (Fsp3) is 0.600. The van der Waals surface area contributed by atoms with Gasteiger partial charge < -0.3 is 10.1 Å². The van der Waals surface area contributed by atoms with Gasteiger partial charge in [0, 0.05) is 18.9 Å². The summed E-state index contributed by atoms with van der Waals surface area (Å²) in [5.41, 5.74) is 0.955.